The van der Waals surface area contributed by atoms with Crippen molar-refractivity contribution in [3.63, 3.8) is 0 Å². The molecule has 0 spiro atoms. The maximum absolute atomic E-state index is 11.9. The van der Waals surface area contributed by atoms with Crippen LogP contribution in [0, 0.1) is 0 Å². The van der Waals surface area contributed by atoms with Gasteiger partial charge in [0, 0.05) is 0 Å². The Labute approximate surface area is 145 Å². The third-order valence-corrected chi connectivity index (χ3v) is 3.29. The van der Waals surface area contributed by atoms with Crippen molar-refractivity contribution in [3.05, 3.63) is 11.8 Å². The summed E-state index contributed by atoms with van der Waals surface area (Å²) in [5.41, 5.74) is -0.809. The molecule has 1 aliphatic rings. The van der Waals surface area contributed by atoms with Gasteiger partial charge in [0.25, 0.3) is 0 Å². The average molecular weight is 363 g/mol. The molecule has 1 amide bonds. The first-order valence-electron chi connectivity index (χ1n) is 7.61. The number of carbonyl (C=O) groups excluding carboxylic acids is 2. The average Bonchev–Trinajstić information content (AvgIpc) is 2.52. The molecule has 0 saturated carbocycles. The van der Waals surface area contributed by atoms with Crippen LogP contribution in [0.2, 0.25) is 0 Å². The minimum Gasteiger partial charge on any atom is -0.478 e. The molecule has 0 unspecified atom stereocenters. The zero-order valence-corrected chi connectivity index (χ0v) is 14.5. The number of ether oxygens (including phenoxy) is 3. The van der Waals surface area contributed by atoms with E-state index in [1.54, 1.807) is 20.8 Å². The summed E-state index contributed by atoms with van der Waals surface area (Å²) >= 11 is 0. The van der Waals surface area contributed by atoms with Crippen LogP contribution in [0.5, 0.6) is 0 Å². The Balaban J connectivity index is 3.05. The summed E-state index contributed by atoms with van der Waals surface area (Å²) in [6.07, 6.45) is -6.12. The van der Waals surface area contributed by atoms with Crippen molar-refractivity contribution >= 4 is 12.1 Å². The van der Waals surface area contributed by atoms with E-state index in [4.69, 9.17) is 14.6 Å². The largest absolute Gasteiger partial charge is 0.478 e. The Morgan fingerprint density at radius 2 is 1.96 bits per heavy atom. The summed E-state index contributed by atoms with van der Waals surface area (Å²) in [6, 6.07) is -1.25. The van der Waals surface area contributed by atoms with Crippen LogP contribution in [-0.2, 0) is 19.0 Å². The van der Waals surface area contributed by atoms with Crippen molar-refractivity contribution in [2.45, 2.75) is 56.8 Å². The Bertz CT molecular complexity index is 514. The monoisotopic (exact) mass is 363 g/mol. The number of nitrogens with one attached hydrogen (secondary N) is 1. The summed E-state index contributed by atoms with van der Waals surface area (Å²) in [7, 11) is 1.10. The van der Waals surface area contributed by atoms with Crippen LogP contribution >= 0.6 is 0 Å². The van der Waals surface area contributed by atoms with Gasteiger partial charge in [0.15, 0.2) is 6.10 Å². The van der Waals surface area contributed by atoms with E-state index >= 15 is 0 Å². The first-order chi connectivity index (χ1) is 11.5. The predicted molar refractivity (Wildman–Crippen MR) is 83.2 cm³/mol. The molecule has 0 radical (unpaired) electrons. The van der Waals surface area contributed by atoms with Crippen molar-refractivity contribution in [1.82, 2.24) is 5.32 Å². The minimum absolute atomic E-state index is 0.397. The van der Waals surface area contributed by atoms with Crippen LogP contribution in [0.15, 0.2) is 11.8 Å². The lowest BCUT2D eigenvalue weighted by Gasteiger charge is -2.38. The van der Waals surface area contributed by atoms with Gasteiger partial charge in [-0.25, -0.2) is 9.59 Å². The summed E-state index contributed by atoms with van der Waals surface area (Å²) in [5, 5.41) is 41.3. The molecule has 0 aromatic rings. The molecular weight excluding hydrogens is 338 g/mol. The summed E-state index contributed by atoms with van der Waals surface area (Å²) in [6.45, 7) is 4.11. The van der Waals surface area contributed by atoms with Crippen molar-refractivity contribution in [3.8, 4) is 0 Å². The van der Waals surface area contributed by atoms with Crippen LogP contribution in [0.25, 0.3) is 0 Å². The molecule has 0 aliphatic carbocycles. The number of esters is 1. The van der Waals surface area contributed by atoms with Crippen molar-refractivity contribution in [1.29, 1.82) is 0 Å². The second kappa shape index (κ2) is 8.48. The smallest absolute Gasteiger partial charge is 0.408 e. The first-order valence-corrected chi connectivity index (χ1v) is 7.61. The lowest BCUT2D eigenvalue weighted by molar-refractivity contribution is -0.151. The highest BCUT2D eigenvalue weighted by Crippen LogP contribution is 2.24. The van der Waals surface area contributed by atoms with Gasteiger partial charge < -0.3 is 40.0 Å². The van der Waals surface area contributed by atoms with Crippen LogP contribution in [-0.4, -0.2) is 82.3 Å². The molecule has 25 heavy (non-hydrogen) atoms. The number of rotatable bonds is 5. The van der Waals surface area contributed by atoms with Gasteiger partial charge in [-0.1, -0.05) is 0 Å². The van der Waals surface area contributed by atoms with E-state index in [-0.39, 0.29) is 0 Å². The molecule has 5 atom stereocenters. The summed E-state index contributed by atoms with van der Waals surface area (Å²) in [5.74, 6) is -1.31. The normalized spacial score (nSPS) is 25.9. The molecule has 10 heteroatoms. The highest BCUT2D eigenvalue weighted by Gasteiger charge is 2.44. The number of methoxy groups -OCH3 is 1. The molecule has 1 aliphatic heterocycles. The molecule has 144 valence electrons. The third kappa shape index (κ3) is 5.85. The first kappa shape index (κ1) is 21.2. The van der Waals surface area contributed by atoms with Gasteiger partial charge in [-0.3, -0.25) is 0 Å². The maximum atomic E-state index is 11.9. The molecule has 0 saturated heterocycles. The summed E-state index contributed by atoms with van der Waals surface area (Å²) in [4.78, 5) is 23.6. The van der Waals surface area contributed by atoms with Gasteiger partial charge >= 0.3 is 12.1 Å². The highest BCUT2D eigenvalue weighted by atomic mass is 16.6. The van der Waals surface area contributed by atoms with Crippen molar-refractivity contribution in [2.75, 3.05) is 13.7 Å². The molecule has 1 rings (SSSR count). The third-order valence-electron chi connectivity index (χ3n) is 3.29. The molecular formula is C15H25NO9. The topological polar surface area (TPSA) is 155 Å². The van der Waals surface area contributed by atoms with Crippen LogP contribution in [0.4, 0.5) is 4.79 Å². The Morgan fingerprint density at radius 1 is 1.36 bits per heavy atom. The fourth-order valence-corrected chi connectivity index (χ4v) is 2.15. The zero-order chi connectivity index (χ0) is 19.4. The fraction of sp³-hybridized carbons (Fsp3) is 0.733. The Kier molecular flexibility index (Phi) is 7.17. The standard InChI is InChI=1S/C15H25NO9/c1-15(2,3)25-14(22)16-10-7(18)5-9(13(21)23-4)24-12(10)11(20)8(19)6-17/h5,7-8,10-12,17-20H,6H2,1-4H3,(H,16,22)/t7-,8+,10+,11-,12+/m0/s1. The van der Waals surface area contributed by atoms with Gasteiger partial charge in [-0.2, -0.15) is 0 Å². The number of aliphatic hydroxyl groups is 4. The zero-order valence-electron chi connectivity index (χ0n) is 14.5. The van der Waals surface area contributed by atoms with E-state index < -0.39 is 60.5 Å². The van der Waals surface area contributed by atoms with Gasteiger partial charge in [0.2, 0.25) is 5.76 Å². The number of alkyl carbamates (subject to hydrolysis) is 1. The van der Waals surface area contributed by atoms with Gasteiger partial charge in [-0.15, -0.1) is 0 Å². The lowest BCUT2D eigenvalue weighted by atomic mass is 9.94. The molecule has 0 bridgehead atoms. The maximum Gasteiger partial charge on any atom is 0.408 e. The van der Waals surface area contributed by atoms with Gasteiger partial charge in [0.05, 0.1) is 13.7 Å². The van der Waals surface area contributed by atoms with E-state index in [0.717, 1.165) is 13.2 Å². The Morgan fingerprint density at radius 3 is 2.44 bits per heavy atom. The minimum atomic E-state index is -1.71. The molecule has 0 aromatic carbocycles. The molecule has 10 nitrogen and oxygen atoms in total. The molecule has 5 N–H and O–H groups in total. The van der Waals surface area contributed by atoms with Crippen LogP contribution in [0.3, 0.4) is 0 Å². The van der Waals surface area contributed by atoms with Gasteiger partial charge in [-0.05, 0) is 26.8 Å². The molecule has 0 fully saturated rings. The predicted octanol–water partition coefficient (Wildman–Crippen LogP) is -1.59. The number of hydrogen-bond acceptors (Lipinski definition) is 9. The van der Waals surface area contributed by atoms with E-state index in [9.17, 15) is 24.9 Å². The number of carbonyl (C=O) groups is 2. The van der Waals surface area contributed by atoms with Crippen molar-refractivity contribution < 1.29 is 44.2 Å². The van der Waals surface area contributed by atoms with Crippen LogP contribution < -0.4 is 5.32 Å². The van der Waals surface area contributed by atoms with E-state index in [2.05, 4.69) is 10.1 Å². The molecule has 0 aromatic heterocycles. The second-order valence-electron chi connectivity index (χ2n) is 6.51. The lowest BCUT2D eigenvalue weighted by Crippen LogP contribution is -2.60. The van der Waals surface area contributed by atoms with E-state index in [1.165, 1.54) is 0 Å². The quantitative estimate of drug-likeness (QED) is 0.364. The molecule has 1 heterocycles. The number of amides is 1. The van der Waals surface area contributed by atoms with Crippen molar-refractivity contribution in [2.24, 2.45) is 0 Å². The Hall–Kier alpha value is -1.88. The van der Waals surface area contributed by atoms with E-state index in [0.29, 0.717) is 0 Å². The second-order valence-corrected chi connectivity index (χ2v) is 6.51. The fourth-order valence-electron chi connectivity index (χ4n) is 2.15. The van der Waals surface area contributed by atoms with Gasteiger partial charge in [0.1, 0.15) is 30.0 Å². The number of aliphatic hydroxyl groups excluding tert-OH is 4. The highest BCUT2D eigenvalue weighted by molar-refractivity contribution is 5.86. The number of hydrogen-bond donors (Lipinski definition) is 5. The SMILES string of the molecule is COC(=O)C1=C[C@H](O)[C@@H](NC(=O)OC(C)(C)C)[C@H]([C@@H](O)[C@H](O)CO)O1. The van der Waals surface area contributed by atoms with Crippen LogP contribution in [0.1, 0.15) is 20.8 Å². The van der Waals surface area contributed by atoms with E-state index in [1.807, 2.05) is 0 Å². The summed E-state index contributed by atoms with van der Waals surface area (Å²) < 4.78 is 14.8.